The van der Waals surface area contributed by atoms with Gasteiger partial charge in [0.05, 0.1) is 26.2 Å². The van der Waals surface area contributed by atoms with Crippen molar-refractivity contribution in [3.63, 3.8) is 0 Å². The molecule has 0 bridgehead atoms. The second-order valence-electron chi connectivity index (χ2n) is 9.45. The molecule has 38 heavy (non-hydrogen) atoms. The first-order valence-electron chi connectivity index (χ1n) is 12.4. The molecule has 0 aliphatic carbocycles. The Kier molecular flexibility index (Phi) is 7.17. The number of nitrogens with zero attached hydrogens (tertiary/aromatic N) is 3. The molecule has 0 aromatic heterocycles. The van der Waals surface area contributed by atoms with Gasteiger partial charge in [0.2, 0.25) is 5.91 Å². The van der Waals surface area contributed by atoms with Gasteiger partial charge in [0.15, 0.2) is 11.5 Å². The molecule has 0 spiro atoms. The van der Waals surface area contributed by atoms with E-state index in [1.165, 1.54) is 25.2 Å². The van der Waals surface area contributed by atoms with Crippen LogP contribution in [0.15, 0.2) is 60.7 Å². The Morgan fingerprint density at radius 3 is 2.26 bits per heavy atom. The van der Waals surface area contributed by atoms with Gasteiger partial charge in [0.25, 0.3) is 5.91 Å². The van der Waals surface area contributed by atoms with Crippen LogP contribution in [0.5, 0.6) is 11.5 Å². The summed E-state index contributed by atoms with van der Waals surface area (Å²) in [6.45, 7) is 2.20. The predicted molar refractivity (Wildman–Crippen MR) is 144 cm³/mol. The first kappa shape index (κ1) is 25.9. The van der Waals surface area contributed by atoms with Crippen molar-refractivity contribution >= 4 is 29.1 Å². The molecule has 1 saturated heterocycles. The number of methoxy groups -OCH3 is 2. The zero-order chi connectivity index (χ0) is 27.0. The number of rotatable bonds is 5. The van der Waals surface area contributed by atoms with Gasteiger partial charge in [-0.2, -0.15) is 0 Å². The van der Waals surface area contributed by atoms with E-state index < -0.39 is 17.8 Å². The van der Waals surface area contributed by atoms with E-state index in [2.05, 4.69) is 4.90 Å². The van der Waals surface area contributed by atoms with E-state index in [9.17, 15) is 9.59 Å². The number of carbonyl (C=O) groups is 2. The Balaban J connectivity index is 1.54. The number of hydrogen-bond acceptors (Lipinski definition) is 5. The van der Waals surface area contributed by atoms with Crippen molar-refractivity contribution in [2.45, 2.75) is 12.0 Å². The van der Waals surface area contributed by atoms with Crippen LogP contribution in [0.4, 0.5) is 10.1 Å². The Bertz CT molecular complexity index is 1380. The number of benzene rings is 3. The Morgan fingerprint density at radius 2 is 1.61 bits per heavy atom. The van der Waals surface area contributed by atoms with E-state index in [4.69, 9.17) is 21.1 Å². The number of fused-ring (bicyclic) bond motifs is 1. The van der Waals surface area contributed by atoms with Crippen LogP contribution in [-0.2, 0) is 4.79 Å². The number of halogens is 2. The highest BCUT2D eigenvalue weighted by atomic mass is 35.5. The van der Waals surface area contributed by atoms with Crippen LogP contribution in [0, 0.1) is 5.82 Å². The summed E-state index contributed by atoms with van der Waals surface area (Å²) in [5.74, 6) is -0.995. The Morgan fingerprint density at radius 1 is 0.921 bits per heavy atom. The monoisotopic (exact) mass is 537 g/mol. The fourth-order valence-electron chi connectivity index (χ4n) is 5.47. The summed E-state index contributed by atoms with van der Waals surface area (Å²) in [6.07, 6.45) is 0. The van der Waals surface area contributed by atoms with E-state index in [1.54, 1.807) is 42.3 Å². The topological polar surface area (TPSA) is 62.3 Å². The number of carbonyl (C=O) groups excluding carboxylic acids is 2. The van der Waals surface area contributed by atoms with Crippen LogP contribution in [0.25, 0.3) is 0 Å². The molecule has 3 aromatic rings. The summed E-state index contributed by atoms with van der Waals surface area (Å²) in [5.41, 5.74) is 2.13. The molecule has 7 nitrogen and oxygen atoms in total. The van der Waals surface area contributed by atoms with E-state index in [0.717, 1.165) is 5.69 Å². The summed E-state index contributed by atoms with van der Waals surface area (Å²) >= 11 is 6.18. The highest BCUT2D eigenvalue weighted by Gasteiger charge is 2.46. The number of amides is 2. The number of piperazine rings is 1. The quantitative estimate of drug-likeness (QED) is 0.470. The summed E-state index contributed by atoms with van der Waals surface area (Å²) in [6, 6.07) is 16.4. The third-order valence-electron chi connectivity index (χ3n) is 7.43. The maximum atomic E-state index is 15.1. The molecule has 5 rings (SSSR count). The van der Waals surface area contributed by atoms with Gasteiger partial charge in [-0.15, -0.1) is 0 Å². The molecule has 2 aliphatic heterocycles. The number of hydrogen-bond donors (Lipinski definition) is 0. The highest BCUT2D eigenvalue weighted by molar-refractivity contribution is 6.30. The largest absolute Gasteiger partial charge is 0.493 e. The molecule has 198 valence electrons. The maximum absolute atomic E-state index is 15.1. The molecule has 0 N–H and O–H groups in total. The number of anilines is 1. The molecule has 2 amide bonds. The molecule has 3 aromatic carbocycles. The lowest BCUT2D eigenvalue weighted by Crippen LogP contribution is -2.53. The maximum Gasteiger partial charge on any atom is 0.254 e. The molecule has 0 radical (unpaired) electrons. The Labute approximate surface area is 226 Å². The van der Waals surface area contributed by atoms with Crippen molar-refractivity contribution in [3.8, 4) is 11.5 Å². The first-order chi connectivity index (χ1) is 18.3. The second-order valence-corrected chi connectivity index (χ2v) is 9.88. The molecule has 0 saturated carbocycles. The van der Waals surface area contributed by atoms with Crippen molar-refractivity contribution < 1.29 is 23.5 Å². The van der Waals surface area contributed by atoms with Gasteiger partial charge in [-0.05, 0) is 42.0 Å². The fraction of sp³-hybridized carbons (Fsp3) is 0.310. The summed E-state index contributed by atoms with van der Waals surface area (Å²) in [5, 5.41) is 0.657. The van der Waals surface area contributed by atoms with Crippen molar-refractivity contribution in [2.75, 3.05) is 52.3 Å². The van der Waals surface area contributed by atoms with E-state index in [0.29, 0.717) is 59.4 Å². The zero-order valence-corrected chi connectivity index (χ0v) is 22.2. The molecule has 2 heterocycles. The van der Waals surface area contributed by atoms with Crippen molar-refractivity contribution in [3.05, 3.63) is 88.2 Å². The molecule has 0 unspecified atom stereocenters. The third kappa shape index (κ3) is 4.53. The van der Waals surface area contributed by atoms with Gasteiger partial charge < -0.3 is 24.2 Å². The third-order valence-corrected chi connectivity index (χ3v) is 7.66. The molecule has 2 atom stereocenters. The van der Waals surface area contributed by atoms with Crippen LogP contribution in [0.2, 0.25) is 5.02 Å². The van der Waals surface area contributed by atoms with E-state index in [1.807, 2.05) is 24.3 Å². The molecule has 9 heteroatoms. The van der Waals surface area contributed by atoms with Crippen LogP contribution in [0.1, 0.15) is 33.4 Å². The lowest BCUT2D eigenvalue weighted by atomic mass is 9.78. The minimum atomic E-state index is -0.831. The fourth-order valence-corrected chi connectivity index (χ4v) is 5.66. The van der Waals surface area contributed by atoms with Gasteiger partial charge in [-0.3, -0.25) is 9.59 Å². The summed E-state index contributed by atoms with van der Waals surface area (Å²) in [7, 11) is 4.60. The molecule has 2 aliphatic rings. The van der Waals surface area contributed by atoms with Crippen molar-refractivity contribution in [1.82, 2.24) is 9.80 Å². The average Bonchev–Trinajstić information content (AvgIpc) is 2.94. The van der Waals surface area contributed by atoms with Crippen molar-refractivity contribution in [2.24, 2.45) is 0 Å². The van der Waals surface area contributed by atoms with E-state index in [-0.39, 0.29) is 11.8 Å². The smallest absolute Gasteiger partial charge is 0.254 e. The SMILES string of the molecule is COc1cc2c(cc1OC)[C@@H](C(=O)N1CCN(c3cccc(Cl)c3)CC1)[C@@H](c1ccccc1F)N(C)C2=O. The van der Waals surface area contributed by atoms with Crippen LogP contribution < -0.4 is 14.4 Å². The van der Waals surface area contributed by atoms with Crippen molar-refractivity contribution in [1.29, 1.82) is 0 Å². The van der Waals surface area contributed by atoms with Gasteiger partial charge in [-0.25, -0.2) is 4.39 Å². The zero-order valence-electron chi connectivity index (χ0n) is 21.5. The lowest BCUT2D eigenvalue weighted by molar-refractivity contribution is -0.134. The van der Waals surface area contributed by atoms with Gasteiger partial charge >= 0.3 is 0 Å². The summed E-state index contributed by atoms with van der Waals surface area (Å²) in [4.78, 5) is 33.2. The predicted octanol–water partition coefficient (Wildman–Crippen LogP) is 4.76. The van der Waals surface area contributed by atoms with Gasteiger partial charge in [0, 0.05) is 55.1 Å². The first-order valence-corrected chi connectivity index (χ1v) is 12.8. The van der Waals surface area contributed by atoms with Crippen LogP contribution in [-0.4, -0.2) is 69.1 Å². The van der Waals surface area contributed by atoms with Gasteiger partial charge in [-0.1, -0.05) is 35.9 Å². The Hall–Kier alpha value is -3.78. The van der Waals surface area contributed by atoms with Gasteiger partial charge in [0.1, 0.15) is 5.82 Å². The number of likely N-dealkylation sites (N-methyl/N-ethyl adjacent to an activating group) is 1. The molecular formula is C29H29ClFN3O4. The molecular weight excluding hydrogens is 509 g/mol. The number of ether oxygens (including phenoxy) is 2. The van der Waals surface area contributed by atoms with Crippen LogP contribution >= 0.6 is 11.6 Å². The van der Waals surface area contributed by atoms with E-state index >= 15 is 4.39 Å². The average molecular weight is 538 g/mol. The summed E-state index contributed by atoms with van der Waals surface area (Å²) < 4.78 is 26.1. The highest BCUT2D eigenvalue weighted by Crippen LogP contribution is 2.46. The van der Waals surface area contributed by atoms with Crippen LogP contribution in [0.3, 0.4) is 0 Å². The molecule has 1 fully saturated rings. The standard InChI is InChI=1S/C29H29ClFN3O4/c1-32-27(20-9-4-5-10-23(20)31)26(21-16-24(37-2)25(38-3)17-22(21)28(32)35)29(36)34-13-11-33(12-14-34)19-8-6-7-18(30)15-19/h4-10,15-17,26-27H,11-14H2,1-3H3/t26-,27-/m1/s1. The minimum Gasteiger partial charge on any atom is -0.493 e. The lowest BCUT2D eigenvalue weighted by Gasteiger charge is -2.43. The minimum absolute atomic E-state index is 0.170. The normalized spacial score (nSPS) is 19.3. The second kappa shape index (κ2) is 10.5.